The second kappa shape index (κ2) is 6.42. The van der Waals surface area contributed by atoms with E-state index in [0.29, 0.717) is 12.1 Å². The third-order valence-electron chi connectivity index (χ3n) is 4.62. The molecule has 2 N–H and O–H groups in total. The molecular formula is C19H24N2. The molecule has 1 saturated heterocycles. The smallest absolute Gasteiger partial charge is 0.0319 e. The Morgan fingerprint density at radius 1 is 0.905 bits per heavy atom. The van der Waals surface area contributed by atoms with Crippen LogP contribution in [0.15, 0.2) is 54.6 Å². The van der Waals surface area contributed by atoms with Gasteiger partial charge in [0.05, 0.1) is 0 Å². The van der Waals surface area contributed by atoms with Gasteiger partial charge in [0.1, 0.15) is 0 Å². The van der Waals surface area contributed by atoms with Crippen LogP contribution in [0, 0.1) is 0 Å². The number of hydrogen-bond acceptors (Lipinski definition) is 2. The van der Waals surface area contributed by atoms with Crippen molar-refractivity contribution in [1.29, 1.82) is 0 Å². The molecule has 2 heteroatoms. The molecule has 2 aromatic rings. The van der Waals surface area contributed by atoms with Crippen molar-refractivity contribution >= 4 is 0 Å². The van der Waals surface area contributed by atoms with Crippen molar-refractivity contribution in [2.45, 2.75) is 31.8 Å². The maximum atomic E-state index is 5.99. The standard InChI is InChI=1S/C19H24N2/c1-15(21-13-11-19(20)12-14-21)16-7-9-18(10-8-16)17-5-3-2-4-6-17/h2-10,15,19H,11-14,20H2,1H3. The Labute approximate surface area is 127 Å². The highest BCUT2D eigenvalue weighted by Gasteiger charge is 2.21. The zero-order valence-corrected chi connectivity index (χ0v) is 12.7. The molecule has 110 valence electrons. The van der Waals surface area contributed by atoms with Crippen LogP contribution in [-0.2, 0) is 0 Å². The lowest BCUT2D eigenvalue weighted by molar-refractivity contribution is 0.163. The second-order valence-corrected chi connectivity index (χ2v) is 6.04. The Morgan fingerprint density at radius 3 is 2.10 bits per heavy atom. The van der Waals surface area contributed by atoms with Gasteiger partial charge in [-0.2, -0.15) is 0 Å². The summed E-state index contributed by atoms with van der Waals surface area (Å²) >= 11 is 0. The molecule has 1 aliphatic heterocycles. The third-order valence-corrected chi connectivity index (χ3v) is 4.62. The molecule has 0 amide bonds. The van der Waals surface area contributed by atoms with Crippen molar-refractivity contribution in [3.63, 3.8) is 0 Å². The summed E-state index contributed by atoms with van der Waals surface area (Å²) in [6, 6.07) is 20.4. The molecule has 0 aromatic heterocycles. The monoisotopic (exact) mass is 280 g/mol. The number of benzene rings is 2. The van der Waals surface area contributed by atoms with Crippen LogP contribution in [0.5, 0.6) is 0 Å². The van der Waals surface area contributed by atoms with Gasteiger partial charge in [-0.15, -0.1) is 0 Å². The SMILES string of the molecule is CC(c1ccc(-c2ccccc2)cc1)N1CCC(N)CC1. The molecule has 0 aliphatic carbocycles. The first-order valence-electron chi connectivity index (χ1n) is 7.89. The van der Waals surface area contributed by atoms with Crippen LogP contribution in [0.3, 0.4) is 0 Å². The van der Waals surface area contributed by atoms with Gasteiger partial charge < -0.3 is 5.73 Å². The van der Waals surface area contributed by atoms with Gasteiger partial charge in [0.25, 0.3) is 0 Å². The maximum Gasteiger partial charge on any atom is 0.0319 e. The predicted octanol–water partition coefficient (Wildman–Crippen LogP) is 3.84. The van der Waals surface area contributed by atoms with Gasteiger partial charge in [-0.05, 0) is 36.5 Å². The minimum absolute atomic E-state index is 0.397. The van der Waals surface area contributed by atoms with E-state index < -0.39 is 0 Å². The van der Waals surface area contributed by atoms with Crippen LogP contribution in [0.4, 0.5) is 0 Å². The van der Waals surface area contributed by atoms with E-state index in [1.54, 1.807) is 0 Å². The van der Waals surface area contributed by atoms with Crippen molar-refractivity contribution in [1.82, 2.24) is 4.90 Å². The summed E-state index contributed by atoms with van der Waals surface area (Å²) < 4.78 is 0. The van der Waals surface area contributed by atoms with E-state index in [0.717, 1.165) is 25.9 Å². The van der Waals surface area contributed by atoms with Gasteiger partial charge in [0.2, 0.25) is 0 Å². The molecule has 0 bridgehead atoms. The molecule has 1 fully saturated rings. The molecule has 2 nitrogen and oxygen atoms in total. The van der Waals surface area contributed by atoms with E-state index in [9.17, 15) is 0 Å². The molecule has 1 atom stereocenters. The van der Waals surface area contributed by atoms with E-state index in [-0.39, 0.29) is 0 Å². The topological polar surface area (TPSA) is 29.3 Å². The minimum Gasteiger partial charge on any atom is -0.328 e. The van der Waals surface area contributed by atoms with Crippen LogP contribution in [-0.4, -0.2) is 24.0 Å². The van der Waals surface area contributed by atoms with Gasteiger partial charge in [0, 0.05) is 25.2 Å². The number of rotatable bonds is 3. The fraction of sp³-hybridized carbons (Fsp3) is 0.368. The Bertz CT molecular complexity index is 554. The number of piperidine rings is 1. The maximum absolute atomic E-state index is 5.99. The zero-order valence-electron chi connectivity index (χ0n) is 12.7. The van der Waals surface area contributed by atoms with Crippen molar-refractivity contribution in [2.75, 3.05) is 13.1 Å². The summed E-state index contributed by atoms with van der Waals surface area (Å²) in [5.74, 6) is 0. The summed E-state index contributed by atoms with van der Waals surface area (Å²) in [7, 11) is 0. The highest BCUT2D eigenvalue weighted by atomic mass is 15.2. The van der Waals surface area contributed by atoms with E-state index in [1.165, 1.54) is 16.7 Å². The molecule has 1 aliphatic rings. The zero-order chi connectivity index (χ0) is 14.7. The molecule has 0 spiro atoms. The van der Waals surface area contributed by atoms with E-state index >= 15 is 0 Å². The normalized spacial score (nSPS) is 18.6. The van der Waals surface area contributed by atoms with Crippen LogP contribution >= 0.6 is 0 Å². The molecule has 0 saturated carbocycles. The summed E-state index contributed by atoms with van der Waals surface area (Å²) in [5.41, 5.74) is 9.95. The highest BCUT2D eigenvalue weighted by molar-refractivity contribution is 5.63. The Hall–Kier alpha value is -1.64. The van der Waals surface area contributed by atoms with Crippen LogP contribution in [0.1, 0.15) is 31.4 Å². The fourth-order valence-electron chi connectivity index (χ4n) is 3.10. The molecule has 2 aromatic carbocycles. The van der Waals surface area contributed by atoms with Crippen molar-refractivity contribution in [3.8, 4) is 11.1 Å². The van der Waals surface area contributed by atoms with Gasteiger partial charge in [-0.1, -0.05) is 54.6 Å². The lowest BCUT2D eigenvalue weighted by atomic mass is 9.98. The second-order valence-electron chi connectivity index (χ2n) is 6.04. The van der Waals surface area contributed by atoms with Crippen molar-refractivity contribution < 1.29 is 0 Å². The van der Waals surface area contributed by atoms with Gasteiger partial charge >= 0.3 is 0 Å². The molecule has 1 unspecified atom stereocenters. The average molecular weight is 280 g/mol. The van der Waals surface area contributed by atoms with Crippen LogP contribution < -0.4 is 5.73 Å². The van der Waals surface area contributed by atoms with Gasteiger partial charge in [0.15, 0.2) is 0 Å². The number of nitrogens with zero attached hydrogens (tertiary/aromatic N) is 1. The lowest BCUT2D eigenvalue weighted by Crippen LogP contribution is -2.40. The summed E-state index contributed by atoms with van der Waals surface area (Å²) in [4.78, 5) is 2.54. The minimum atomic E-state index is 0.397. The number of likely N-dealkylation sites (tertiary alicyclic amines) is 1. The quantitative estimate of drug-likeness (QED) is 0.925. The summed E-state index contributed by atoms with van der Waals surface area (Å²) in [6.45, 7) is 4.53. The van der Waals surface area contributed by atoms with Gasteiger partial charge in [-0.25, -0.2) is 0 Å². The molecular weight excluding hydrogens is 256 g/mol. The lowest BCUT2D eigenvalue weighted by Gasteiger charge is -2.35. The number of nitrogens with two attached hydrogens (primary N) is 1. The largest absolute Gasteiger partial charge is 0.328 e. The van der Waals surface area contributed by atoms with Crippen LogP contribution in [0.2, 0.25) is 0 Å². The molecule has 21 heavy (non-hydrogen) atoms. The van der Waals surface area contributed by atoms with Crippen LogP contribution in [0.25, 0.3) is 11.1 Å². The Balaban J connectivity index is 1.72. The first-order chi connectivity index (χ1) is 10.2. The van der Waals surface area contributed by atoms with Gasteiger partial charge in [-0.3, -0.25) is 4.90 Å². The predicted molar refractivity (Wildman–Crippen MR) is 89.1 cm³/mol. The summed E-state index contributed by atoms with van der Waals surface area (Å²) in [6.07, 6.45) is 2.23. The molecule has 0 radical (unpaired) electrons. The third kappa shape index (κ3) is 3.34. The fourth-order valence-corrected chi connectivity index (χ4v) is 3.10. The average Bonchev–Trinajstić information content (AvgIpc) is 2.56. The molecule has 1 heterocycles. The summed E-state index contributed by atoms with van der Waals surface area (Å²) in [5, 5.41) is 0. The Morgan fingerprint density at radius 2 is 1.48 bits per heavy atom. The number of hydrogen-bond donors (Lipinski definition) is 1. The first-order valence-corrected chi connectivity index (χ1v) is 7.89. The van der Waals surface area contributed by atoms with E-state index in [2.05, 4.69) is 66.4 Å². The highest BCUT2D eigenvalue weighted by Crippen LogP contribution is 2.26. The first kappa shape index (κ1) is 14.3. The van der Waals surface area contributed by atoms with E-state index in [1.807, 2.05) is 0 Å². The Kier molecular flexibility index (Phi) is 4.37. The van der Waals surface area contributed by atoms with E-state index in [4.69, 9.17) is 5.73 Å². The van der Waals surface area contributed by atoms with Crippen molar-refractivity contribution in [3.05, 3.63) is 60.2 Å². The van der Waals surface area contributed by atoms with Crippen molar-refractivity contribution in [2.24, 2.45) is 5.73 Å². The molecule has 3 rings (SSSR count).